The van der Waals surface area contributed by atoms with Crippen LogP contribution in [0.4, 0.5) is 17.2 Å². The molecule has 2 aromatic carbocycles. The molecular weight excluding hydrogens is 354 g/mol. The Kier molecular flexibility index (Phi) is 6.11. The second-order valence-corrected chi connectivity index (χ2v) is 6.40. The molecule has 144 valence electrons. The first-order chi connectivity index (χ1) is 13.5. The Bertz CT molecular complexity index is 940. The molecule has 0 spiro atoms. The van der Waals surface area contributed by atoms with Crippen LogP contribution in [0.5, 0.6) is 11.5 Å². The van der Waals surface area contributed by atoms with E-state index in [1.165, 1.54) is 0 Å². The number of nitrogens with one attached hydrogen (secondary N) is 2. The Labute approximate surface area is 164 Å². The van der Waals surface area contributed by atoms with Gasteiger partial charge in [-0.15, -0.1) is 0 Å². The van der Waals surface area contributed by atoms with E-state index in [1.807, 2.05) is 38.1 Å². The summed E-state index contributed by atoms with van der Waals surface area (Å²) in [4.78, 5) is 16.9. The summed E-state index contributed by atoms with van der Waals surface area (Å²) in [7, 11) is 1.60. The third-order valence-corrected chi connectivity index (χ3v) is 3.88. The maximum Gasteiger partial charge on any atom is 0.255 e. The summed E-state index contributed by atoms with van der Waals surface area (Å²) in [6, 6.07) is 18.2. The topological polar surface area (TPSA) is 72.5 Å². The molecule has 0 aliphatic carbocycles. The van der Waals surface area contributed by atoms with Crippen LogP contribution in [-0.2, 0) is 0 Å². The fourth-order valence-electron chi connectivity index (χ4n) is 2.58. The maximum atomic E-state index is 12.6. The van der Waals surface area contributed by atoms with Crippen molar-refractivity contribution in [3.05, 3.63) is 72.4 Å². The van der Waals surface area contributed by atoms with Gasteiger partial charge in [0, 0.05) is 17.4 Å². The lowest BCUT2D eigenvalue weighted by Gasteiger charge is -2.15. The van der Waals surface area contributed by atoms with Gasteiger partial charge in [-0.2, -0.15) is 0 Å². The first-order valence-corrected chi connectivity index (χ1v) is 8.99. The summed E-state index contributed by atoms with van der Waals surface area (Å²) < 4.78 is 10.9. The number of aromatic nitrogens is 1. The highest BCUT2D eigenvalue weighted by atomic mass is 16.5. The van der Waals surface area contributed by atoms with Crippen molar-refractivity contribution in [1.29, 1.82) is 0 Å². The molecular formula is C22H23N3O3. The van der Waals surface area contributed by atoms with Gasteiger partial charge < -0.3 is 20.1 Å². The van der Waals surface area contributed by atoms with Crippen molar-refractivity contribution in [2.24, 2.45) is 0 Å². The van der Waals surface area contributed by atoms with Crippen molar-refractivity contribution in [2.45, 2.75) is 20.0 Å². The highest BCUT2D eigenvalue weighted by Crippen LogP contribution is 2.28. The quantitative estimate of drug-likeness (QED) is 0.614. The molecule has 0 aliphatic heterocycles. The second kappa shape index (κ2) is 8.90. The van der Waals surface area contributed by atoms with E-state index >= 15 is 0 Å². The molecule has 1 amide bonds. The molecule has 0 atom stereocenters. The number of hydrogen-bond acceptors (Lipinski definition) is 5. The highest BCUT2D eigenvalue weighted by Gasteiger charge is 2.10. The SMILES string of the molecule is COc1ccc(NC(=O)c2ccnc(Nc3ccccc3OC(C)C)c2)cc1. The van der Waals surface area contributed by atoms with E-state index in [4.69, 9.17) is 9.47 Å². The van der Waals surface area contributed by atoms with Gasteiger partial charge in [-0.25, -0.2) is 4.98 Å². The molecule has 0 bridgehead atoms. The van der Waals surface area contributed by atoms with E-state index in [2.05, 4.69) is 15.6 Å². The van der Waals surface area contributed by atoms with Crippen LogP contribution in [0, 0.1) is 0 Å². The van der Waals surface area contributed by atoms with Gasteiger partial charge in [0.05, 0.1) is 18.9 Å². The van der Waals surface area contributed by atoms with Gasteiger partial charge >= 0.3 is 0 Å². The minimum absolute atomic E-state index is 0.0533. The molecule has 6 heteroatoms. The van der Waals surface area contributed by atoms with Crippen molar-refractivity contribution < 1.29 is 14.3 Å². The third kappa shape index (κ3) is 5.01. The molecule has 28 heavy (non-hydrogen) atoms. The molecule has 3 rings (SSSR count). The van der Waals surface area contributed by atoms with E-state index < -0.39 is 0 Å². The number of para-hydroxylation sites is 2. The molecule has 0 fully saturated rings. The van der Waals surface area contributed by atoms with Crippen molar-refractivity contribution >= 4 is 23.1 Å². The maximum absolute atomic E-state index is 12.6. The first kappa shape index (κ1) is 19.2. The predicted octanol–water partition coefficient (Wildman–Crippen LogP) is 4.87. The van der Waals surface area contributed by atoms with Gasteiger partial charge in [0.2, 0.25) is 0 Å². The lowest BCUT2D eigenvalue weighted by atomic mass is 10.2. The lowest BCUT2D eigenvalue weighted by Crippen LogP contribution is -2.12. The minimum atomic E-state index is -0.220. The lowest BCUT2D eigenvalue weighted by molar-refractivity contribution is 0.102. The van der Waals surface area contributed by atoms with E-state index in [1.54, 1.807) is 49.7 Å². The van der Waals surface area contributed by atoms with Gasteiger partial charge in [-0.1, -0.05) is 12.1 Å². The van der Waals surface area contributed by atoms with Crippen molar-refractivity contribution in [2.75, 3.05) is 17.7 Å². The van der Waals surface area contributed by atoms with Crippen molar-refractivity contribution in [3.8, 4) is 11.5 Å². The van der Waals surface area contributed by atoms with Crippen LogP contribution < -0.4 is 20.1 Å². The molecule has 6 nitrogen and oxygen atoms in total. The zero-order valence-corrected chi connectivity index (χ0v) is 16.1. The Morgan fingerprint density at radius 2 is 1.79 bits per heavy atom. The summed E-state index contributed by atoms with van der Waals surface area (Å²) in [6.07, 6.45) is 1.65. The molecule has 0 radical (unpaired) electrons. The Morgan fingerprint density at radius 3 is 2.50 bits per heavy atom. The fourth-order valence-corrected chi connectivity index (χ4v) is 2.58. The minimum Gasteiger partial charge on any atom is -0.497 e. The van der Waals surface area contributed by atoms with E-state index in [0.29, 0.717) is 17.1 Å². The number of methoxy groups -OCH3 is 1. The monoisotopic (exact) mass is 377 g/mol. The van der Waals surface area contributed by atoms with Crippen LogP contribution in [0.1, 0.15) is 24.2 Å². The average molecular weight is 377 g/mol. The van der Waals surface area contributed by atoms with Crippen LogP contribution in [0.2, 0.25) is 0 Å². The summed E-state index contributed by atoms with van der Waals surface area (Å²) in [6.45, 7) is 3.94. The molecule has 1 heterocycles. The number of amides is 1. The zero-order valence-electron chi connectivity index (χ0n) is 16.1. The number of ether oxygens (including phenoxy) is 2. The van der Waals surface area contributed by atoms with Crippen LogP contribution in [0.3, 0.4) is 0 Å². The second-order valence-electron chi connectivity index (χ2n) is 6.40. The Balaban J connectivity index is 1.74. The van der Waals surface area contributed by atoms with Gasteiger partial charge in [0.25, 0.3) is 5.91 Å². The standard InChI is InChI=1S/C22H23N3O3/c1-15(2)28-20-7-5-4-6-19(20)25-21-14-16(12-13-23-21)22(26)24-17-8-10-18(27-3)11-9-17/h4-15H,1-3H3,(H,23,25)(H,24,26). The molecule has 0 unspecified atom stereocenters. The van der Waals surface area contributed by atoms with Crippen molar-refractivity contribution in [3.63, 3.8) is 0 Å². The van der Waals surface area contributed by atoms with E-state index in [9.17, 15) is 4.79 Å². The summed E-state index contributed by atoms with van der Waals surface area (Å²) in [5, 5.41) is 6.08. The average Bonchev–Trinajstić information content (AvgIpc) is 2.70. The first-order valence-electron chi connectivity index (χ1n) is 8.99. The number of nitrogens with zero attached hydrogens (tertiary/aromatic N) is 1. The Morgan fingerprint density at radius 1 is 1.04 bits per heavy atom. The molecule has 2 N–H and O–H groups in total. The zero-order chi connectivity index (χ0) is 19.9. The predicted molar refractivity (Wildman–Crippen MR) is 111 cm³/mol. The van der Waals surface area contributed by atoms with Gasteiger partial charge in [-0.3, -0.25) is 4.79 Å². The van der Waals surface area contributed by atoms with E-state index in [-0.39, 0.29) is 12.0 Å². The molecule has 3 aromatic rings. The summed E-state index contributed by atoms with van der Waals surface area (Å²) >= 11 is 0. The molecule has 0 aliphatic rings. The number of carbonyl (C=O) groups is 1. The number of benzene rings is 2. The Hall–Kier alpha value is -3.54. The molecule has 1 aromatic heterocycles. The number of hydrogen-bond donors (Lipinski definition) is 2. The fraction of sp³-hybridized carbons (Fsp3) is 0.182. The smallest absolute Gasteiger partial charge is 0.255 e. The van der Waals surface area contributed by atoms with Gasteiger partial charge in [-0.05, 0) is 62.4 Å². The largest absolute Gasteiger partial charge is 0.497 e. The van der Waals surface area contributed by atoms with Crippen LogP contribution >= 0.6 is 0 Å². The normalized spacial score (nSPS) is 10.4. The number of anilines is 3. The highest BCUT2D eigenvalue weighted by molar-refractivity contribution is 6.04. The summed E-state index contributed by atoms with van der Waals surface area (Å²) in [5.41, 5.74) is 1.97. The number of rotatable bonds is 7. The van der Waals surface area contributed by atoms with Crippen LogP contribution in [-0.4, -0.2) is 24.1 Å². The van der Waals surface area contributed by atoms with Crippen LogP contribution in [0.15, 0.2) is 66.9 Å². The molecule has 0 saturated heterocycles. The molecule has 0 saturated carbocycles. The van der Waals surface area contributed by atoms with Gasteiger partial charge in [0.15, 0.2) is 0 Å². The van der Waals surface area contributed by atoms with Crippen LogP contribution in [0.25, 0.3) is 0 Å². The van der Waals surface area contributed by atoms with Crippen molar-refractivity contribution in [1.82, 2.24) is 4.98 Å². The van der Waals surface area contributed by atoms with Gasteiger partial charge in [0.1, 0.15) is 17.3 Å². The van der Waals surface area contributed by atoms with E-state index in [0.717, 1.165) is 17.2 Å². The number of carbonyl (C=O) groups excluding carboxylic acids is 1. The number of pyridine rings is 1. The third-order valence-electron chi connectivity index (χ3n) is 3.88. The summed E-state index contributed by atoms with van der Waals surface area (Å²) in [5.74, 6) is 1.80.